The van der Waals surface area contributed by atoms with Crippen LogP contribution in [0, 0.1) is 23.7 Å². The molecule has 7 heteroatoms. The summed E-state index contributed by atoms with van der Waals surface area (Å²) in [6, 6.07) is 19.3. The molecule has 4 aliphatic rings. The molecule has 0 spiro atoms. The molecule has 6 unspecified atom stereocenters. The Hall–Kier alpha value is -3.35. The van der Waals surface area contributed by atoms with E-state index in [9.17, 15) is 14.4 Å². The topological polar surface area (TPSA) is 82.1 Å². The average Bonchev–Trinajstić information content (AvgIpc) is 3.67. The lowest BCUT2D eigenvalue weighted by Gasteiger charge is -2.34. The molecule has 7 nitrogen and oxygen atoms in total. The number of esters is 3. The van der Waals surface area contributed by atoms with Crippen LogP contribution in [0.1, 0.15) is 45.4 Å². The van der Waals surface area contributed by atoms with E-state index in [4.69, 9.17) is 14.2 Å². The molecular weight excluding hydrogens is 470 g/mol. The molecule has 1 saturated heterocycles. The van der Waals surface area contributed by atoms with Crippen LogP contribution in [0.15, 0.2) is 60.7 Å². The second-order valence-electron chi connectivity index (χ2n) is 10.9. The Balaban J connectivity index is 1.20. The van der Waals surface area contributed by atoms with Gasteiger partial charge in [0, 0.05) is 23.2 Å². The number of nitrogens with zero attached hydrogens (tertiary/aromatic N) is 1. The summed E-state index contributed by atoms with van der Waals surface area (Å²) in [5.74, 6) is -2.57. The molecule has 1 heterocycles. The lowest BCUT2D eigenvalue weighted by molar-refractivity contribution is -0.174. The molecule has 2 aromatic carbocycles. The highest BCUT2D eigenvalue weighted by atomic mass is 16.6. The molecule has 194 valence electrons. The predicted octanol–water partition coefficient (Wildman–Crippen LogP) is 4.81. The van der Waals surface area contributed by atoms with Crippen LogP contribution in [0.2, 0.25) is 0 Å². The van der Waals surface area contributed by atoms with Gasteiger partial charge in [-0.3, -0.25) is 14.4 Å². The first-order valence-electron chi connectivity index (χ1n) is 13.5. The number of hydrogen-bond acceptors (Lipinski definition) is 7. The van der Waals surface area contributed by atoms with Gasteiger partial charge in [-0.15, -0.1) is 0 Å². The molecule has 4 fully saturated rings. The zero-order chi connectivity index (χ0) is 25.6. The SMILES string of the molecule is CCC1(OC(=O)C2C3CC4C(OC(=O)C42)C3OC(=O)CN(c2ccccc2)c2ccccc2)CCCC1. The van der Waals surface area contributed by atoms with Gasteiger partial charge in [0.05, 0.1) is 11.8 Å². The lowest BCUT2D eigenvalue weighted by Crippen LogP contribution is -2.46. The summed E-state index contributed by atoms with van der Waals surface area (Å²) >= 11 is 0. The minimum Gasteiger partial charge on any atom is -0.459 e. The third-order valence-corrected chi connectivity index (χ3v) is 8.98. The smallest absolute Gasteiger partial charge is 0.326 e. The van der Waals surface area contributed by atoms with Gasteiger partial charge in [-0.25, -0.2) is 0 Å². The molecule has 3 aliphatic carbocycles. The van der Waals surface area contributed by atoms with E-state index in [1.165, 1.54) is 0 Å². The molecule has 2 bridgehead atoms. The Morgan fingerprint density at radius 2 is 1.59 bits per heavy atom. The summed E-state index contributed by atoms with van der Waals surface area (Å²) in [5, 5.41) is 0. The fourth-order valence-electron chi connectivity index (χ4n) is 7.16. The first-order valence-corrected chi connectivity index (χ1v) is 13.5. The highest BCUT2D eigenvalue weighted by Crippen LogP contribution is 2.59. The number of fused-ring (bicyclic) bond motifs is 1. The molecule has 37 heavy (non-hydrogen) atoms. The van der Waals surface area contributed by atoms with Crippen LogP contribution in [0.25, 0.3) is 0 Å². The summed E-state index contributed by atoms with van der Waals surface area (Å²) in [4.78, 5) is 41.5. The van der Waals surface area contributed by atoms with E-state index in [-0.39, 0.29) is 30.3 Å². The zero-order valence-electron chi connectivity index (χ0n) is 21.1. The van der Waals surface area contributed by atoms with E-state index in [1.807, 2.05) is 65.6 Å². The maximum absolute atomic E-state index is 13.5. The number of hydrogen-bond donors (Lipinski definition) is 0. The summed E-state index contributed by atoms with van der Waals surface area (Å²) in [5.41, 5.74) is 1.31. The highest BCUT2D eigenvalue weighted by molar-refractivity contribution is 5.87. The molecule has 2 aromatic rings. The van der Waals surface area contributed by atoms with Crippen molar-refractivity contribution >= 4 is 29.3 Å². The van der Waals surface area contributed by atoms with Crippen LogP contribution in [0.5, 0.6) is 0 Å². The molecule has 0 aromatic heterocycles. The van der Waals surface area contributed by atoms with Crippen molar-refractivity contribution in [2.75, 3.05) is 11.4 Å². The second-order valence-corrected chi connectivity index (χ2v) is 10.9. The first-order chi connectivity index (χ1) is 18.0. The van der Waals surface area contributed by atoms with Crippen molar-refractivity contribution in [1.82, 2.24) is 0 Å². The third kappa shape index (κ3) is 4.18. The third-order valence-electron chi connectivity index (χ3n) is 8.98. The van der Waals surface area contributed by atoms with Crippen LogP contribution in [0.3, 0.4) is 0 Å². The summed E-state index contributed by atoms with van der Waals surface area (Å²) in [6.45, 7) is 2.05. The highest BCUT2D eigenvalue weighted by Gasteiger charge is 2.70. The van der Waals surface area contributed by atoms with Crippen molar-refractivity contribution in [2.45, 2.75) is 63.3 Å². The van der Waals surface area contributed by atoms with Crippen molar-refractivity contribution in [3.05, 3.63) is 60.7 Å². The van der Waals surface area contributed by atoms with Gasteiger partial charge >= 0.3 is 17.9 Å². The van der Waals surface area contributed by atoms with Crippen molar-refractivity contribution in [3.63, 3.8) is 0 Å². The Kier molecular flexibility index (Phi) is 6.17. The van der Waals surface area contributed by atoms with Crippen molar-refractivity contribution in [2.24, 2.45) is 23.7 Å². The van der Waals surface area contributed by atoms with Crippen molar-refractivity contribution < 1.29 is 28.6 Å². The van der Waals surface area contributed by atoms with Gasteiger partial charge in [0.15, 0.2) is 0 Å². The first kappa shape index (κ1) is 24.0. The van der Waals surface area contributed by atoms with Crippen LogP contribution >= 0.6 is 0 Å². The second kappa shape index (κ2) is 9.51. The summed E-state index contributed by atoms with van der Waals surface area (Å²) < 4.78 is 17.8. The Labute approximate surface area is 217 Å². The number of anilines is 2. The van der Waals surface area contributed by atoms with Crippen LogP contribution in [-0.4, -0.2) is 42.3 Å². The maximum atomic E-state index is 13.5. The Morgan fingerprint density at radius 3 is 2.19 bits per heavy atom. The molecule has 6 atom stereocenters. The number of para-hydroxylation sites is 2. The molecule has 1 aliphatic heterocycles. The monoisotopic (exact) mass is 503 g/mol. The van der Waals surface area contributed by atoms with Crippen LogP contribution in [0.4, 0.5) is 11.4 Å². The van der Waals surface area contributed by atoms with Gasteiger partial charge in [-0.05, 0) is 62.8 Å². The Morgan fingerprint density at radius 1 is 0.973 bits per heavy atom. The van der Waals surface area contributed by atoms with E-state index in [0.29, 0.717) is 6.42 Å². The zero-order valence-corrected chi connectivity index (χ0v) is 21.1. The molecule has 0 radical (unpaired) electrons. The lowest BCUT2D eigenvalue weighted by atomic mass is 9.78. The van der Waals surface area contributed by atoms with Gasteiger partial charge in [-0.2, -0.15) is 0 Å². The van der Waals surface area contributed by atoms with Gasteiger partial charge < -0.3 is 19.1 Å². The van der Waals surface area contributed by atoms with E-state index in [2.05, 4.69) is 6.92 Å². The molecule has 0 N–H and O–H groups in total. The fraction of sp³-hybridized carbons (Fsp3) is 0.500. The van der Waals surface area contributed by atoms with E-state index in [0.717, 1.165) is 43.5 Å². The summed E-state index contributed by atoms with van der Waals surface area (Å²) in [7, 11) is 0. The average molecular weight is 504 g/mol. The van der Waals surface area contributed by atoms with Crippen molar-refractivity contribution in [3.8, 4) is 0 Å². The summed E-state index contributed by atoms with van der Waals surface area (Å²) in [6.07, 6.45) is 4.11. The fourth-order valence-corrected chi connectivity index (χ4v) is 7.16. The van der Waals surface area contributed by atoms with E-state index in [1.54, 1.807) is 0 Å². The van der Waals surface area contributed by atoms with Crippen molar-refractivity contribution in [1.29, 1.82) is 0 Å². The van der Waals surface area contributed by atoms with E-state index < -0.39 is 35.6 Å². The maximum Gasteiger partial charge on any atom is 0.326 e. The van der Waals surface area contributed by atoms with Gasteiger partial charge in [-0.1, -0.05) is 43.3 Å². The number of carbonyl (C=O) groups is 3. The quantitative estimate of drug-likeness (QED) is 0.378. The number of carbonyl (C=O) groups excluding carboxylic acids is 3. The van der Waals surface area contributed by atoms with E-state index >= 15 is 0 Å². The minimum atomic E-state index is -0.632. The molecule has 0 amide bonds. The Bertz CT molecular complexity index is 1120. The molecular formula is C30H33NO6. The number of benzene rings is 2. The minimum absolute atomic E-state index is 0.0000667. The van der Waals surface area contributed by atoms with Gasteiger partial charge in [0.25, 0.3) is 0 Å². The molecule has 6 rings (SSSR count). The largest absolute Gasteiger partial charge is 0.459 e. The molecule has 3 saturated carbocycles. The standard InChI is InChI=1S/C30H33NO6/c1-2-30(15-9-10-16-30)37-29(34)25-22-17-21-24(25)28(33)36-27(21)26(22)35-23(32)18-31(19-11-5-3-6-12-19)20-13-7-4-8-14-20/h3-8,11-14,21-22,24-27H,2,9-10,15-18H2,1H3. The number of ether oxygens (including phenoxy) is 3. The predicted molar refractivity (Wildman–Crippen MR) is 136 cm³/mol. The normalized spacial score (nSPS) is 30.7. The van der Waals surface area contributed by atoms with Crippen LogP contribution in [-0.2, 0) is 28.6 Å². The number of rotatable bonds is 8. The van der Waals surface area contributed by atoms with Crippen LogP contribution < -0.4 is 4.90 Å². The van der Waals surface area contributed by atoms with Gasteiger partial charge in [0.2, 0.25) is 0 Å². The van der Waals surface area contributed by atoms with Gasteiger partial charge in [0.1, 0.15) is 24.4 Å².